The van der Waals surface area contributed by atoms with Gasteiger partial charge in [0, 0.05) is 23.7 Å². The van der Waals surface area contributed by atoms with Gasteiger partial charge in [0.25, 0.3) is 10.0 Å². The minimum Gasteiger partial charge on any atom is -0.287 e. The molecular weight excluding hydrogens is 445 g/mol. The van der Waals surface area contributed by atoms with Gasteiger partial charge in [-0.3, -0.25) is 14.5 Å². The van der Waals surface area contributed by atoms with E-state index in [4.69, 9.17) is 34.8 Å². The van der Waals surface area contributed by atoms with Crippen molar-refractivity contribution in [1.29, 1.82) is 0 Å². The van der Waals surface area contributed by atoms with Gasteiger partial charge in [-0.2, -0.15) is 0 Å². The SMILES string of the molecule is Cc1ncccc1C(=O)c1ncc(Cl)cc1NS(=O)(=O)c1ccc(Cl)c(Cl)c1. The number of benzene rings is 1. The van der Waals surface area contributed by atoms with Crippen molar-refractivity contribution in [1.82, 2.24) is 9.97 Å². The molecule has 0 saturated carbocycles. The molecule has 28 heavy (non-hydrogen) atoms. The third-order valence-electron chi connectivity index (χ3n) is 3.77. The first kappa shape index (κ1) is 20.5. The Hall–Kier alpha value is -2.19. The Kier molecular flexibility index (Phi) is 5.90. The summed E-state index contributed by atoms with van der Waals surface area (Å²) in [5, 5.41) is 0.454. The fourth-order valence-corrected chi connectivity index (χ4v) is 4.00. The summed E-state index contributed by atoms with van der Waals surface area (Å²) in [6.07, 6.45) is 2.81. The van der Waals surface area contributed by atoms with Gasteiger partial charge in [-0.15, -0.1) is 0 Å². The summed E-state index contributed by atoms with van der Waals surface area (Å²) >= 11 is 17.7. The number of nitrogens with one attached hydrogen (secondary N) is 1. The van der Waals surface area contributed by atoms with Gasteiger partial charge in [0.2, 0.25) is 5.78 Å². The molecule has 0 aliphatic heterocycles. The number of carbonyl (C=O) groups is 1. The lowest BCUT2D eigenvalue weighted by Gasteiger charge is -2.13. The summed E-state index contributed by atoms with van der Waals surface area (Å²) in [7, 11) is -4.08. The van der Waals surface area contributed by atoms with Gasteiger partial charge in [0.15, 0.2) is 0 Å². The summed E-state index contributed by atoms with van der Waals surface area (Å²) in [5.74, 6) is -0.492. The molecule has 10 heteroatoms. The number of hydrogen-bond donors (Lipinski definition) is 1. The number of aryl methyl sites for hydroxylation is 1. The smallest absolute Gasteiger partial charge is 0.262 e. The highest BCUT2D eigenvalue weighted by molar-refractivity contribution is 7.92. The van der Waals surface area contributed by atoms with Crippen LogP contribution in [0.1, 0.15) is 21.7 Å². The second-order valence-electron chi connectivity index (χ2n) is 5.70. The number of rotatable bonds is 5. The van der Waals surface area contributed by atoms with Crippen LogP contribution in [0.2, 0.25) is 15.1 Å². The third-order valence-corrected chi connectivity index (χ3v) is 6.08. The van der Waals surface area contributed by atoms with Gasteiger partial charge in [-0.25, -0.2) is 13.4 Å². The van der Waals surface area contributed by atoms with Crippen LogP contribution in [0.4, 0.5) is 5.69 Å². The quantitative estimate of drug-likeness (QED) is 0.558. The molecule has 0 saturated heterocycles. The van der Waals surface area contributed by atoms with Crippen LogP contribution >= 0.6 is 34.8 Å². The Bertz CT molecular complexity index is 1180. The predicted molar refractivity (Wildman–Crippen MR) is 109 cm³/mol. The molecule has 2 heterocycles. The van der Waals surface area contributed by atoms with E-state index >= 15 is 0 Å². The minimum absolute atomic E-state index is 0.0631. The number of ketones is 1. The fraction of sp³-hybridized carbons (Fsp3) is 0.0556. The van der Waals surface area contributed by atoms with Gasteiger partial charge in [-0.1, -0.05) is 34.8 Å². The van der Waals surface area contributed by atoms with Crippen LogP contribution < -0.4 is 4.72 Å². The Morgan fingerprint density at radius 3 is 2.46 bits per heavy atom. The van der Waals surface area contributed by atoms with Crippen molar-refractivity contribution in [2.75, 3.05) is 4.72 Å². The van der Waals surface area contributed by atoms with E-state index in [0.29, 0.717) is 11.3 Å². The number of sulfonamides is 1. The number of aromatic nitrogens is 2. The lowest BCUT2D eigenvalue weighted by molar-refractivity contribution is 0.103. The van der Waals surface area contributed by atoms with E-state index in [9.17, 15) is 13.2 Å². The topological polar surface area (TPSA) is 89.0 Å². The number of carbonyl (C=O) groups excluding carboxylic acids is 1. The van der Waals surface area contributed by atoms with Crippen molar-refractivity contribution in [2.45, 2.75) is 11.8 Å². The number of nitrogens with zero attached hydrogens (tertiary/aromatic N) is 2. The standard InChI is InChI=1S/C18H12Cl3N3O3S/c1-10-13(3-2-6-22-10)18(25)17-16(7-11(19)9-23-17)24-28(26,27)12-4-5-14(20)15(21)8-12/h2-9,24H,1H3. The van der Waals surface area contributed by atoms with Crippen LogP contribution in [0.15, 0.2) is 53.7 Å². The van der Waals surface area contributed by atoms with Crippen LogP contribution in [0.3, 0.4) is 0 Å². The molecule has 144 valence electrons. The molecule has 1 N–H and O–H groups in total. The van der Waals surface area contributed by atoms with E-state index in [0.717, 1.165) is 0 Å². The zero-order valence-corrected chi connectivity index (χ0v) is 17.4. The molecule has 0 unspecified atom stereocenters. The maximum atomic E-state index is 12.9. The molecule has 0 atom stereocenters. The summed E-state index contributed by atoms with van der Waals surface area (Å²) in [5.41, 5.74) is 0.616. The summed E-state index contributed by atoms with van der Waals surface area (Å²) < 4.78 is 27.8. The molecule has 0 aliphatic rings. The maximum Gasteiger partial charge on any atom is 0.262 e. The molecule has 0 spiro atoms. The van der Waals surface area contributed by atoms with Crippen molar-refractivity contribution < 1.29 is 13.2 Å². The van der Waals surface area contributed by atoms with Crippen LogP contribution in [-0.4, -0.2) is 24.2 Å². The van der Waals surface area contributed by atoms with E-state index in [2.05, 4.69) is 14.7 Å². The highest BCUT2D eigenvalue weighted by Crippen LogP contribution is 2.28. The molecule has 1 aromatic carbocycles. The number of hydrogen-bond acceptors (Lipinski definition) is 5. The largest absolute Gasteiger partial charge is 0.287 e. The highest BCUT2D eigenvalue weighted by atomic mass is 35.5. The lowest BCUT2D eigenvalue weighted by atomic mass is 10.1. The Balaban J connectivity index is 2.05. The van der Waals surface area contributed by atoms with Crippen molar-refractivity contribution in [3.8, 4) is 0 Å². The first-order chi connectivity index (χ1) is 13.2. The van der Waals surface area contributed by atoms with Crippen molar-refractivity contribution in [2.24, 2.45) is 0 Å². The van der Waals surface area contributed by atoms with E-state index in [-0.39, 0.29) is 31.3 Å². The molecule has 0 amide bonds. The lowest BCUT2D eigenvalue weighted by Crippen LogP contribution is -2.17. The van der Waals surface area contributed by atoms with Crippen molar-refractivity contribution in [3.63, 3.8) is 0 Å². The normalized spacial score (nSPS) is 11.3. The summed E-state index contributed by atoms with van der Waals surface area (Å²) in [4.78, 5) is 20.9. The first-order valence-corrected chi connectivity index (χ1v) is 10.4. The molecule has 3 aromatic rings. The van der Waals surface area contributed by atoms with Crippen LogP contribution in [0.25, 0.3) is 0 Å². The summed E-state index contributed by atoms with van der Waals surface area (Å²) in [6.45, 7) is 1.67. The molecule has 0 radical (unpaired) electrons. The van der Waals surface area contributed by atoms with E-state index < -0.39 is 15.8 Å². The van der Waals surface area contributed by atoms with E-state index in [1.807, 2.05) is 0 Å². The van der Waals surface area contributed by atoms with E-state index in [1.165, 1.54) is 30.5 Å². The third kappa shape index (κ3) is 4.28. The zero-order valence-electron chi connectivity index (χ0n) is 14.3. The second kappa shape index (κ2) is 8.05. The Morgan fingerprint density at radius 2 is 1.79 bits per heavy atom. The Labute approximate surface area is 176 Å². The van der Waals surface area contributed by atoms with Gasteiger partial charge in [-0.05, 0) is 43.3 Å². The van der Waals surface area contributed by atoms with Crippen molar-refractivity contribution >= 4 is 56.3 Å². The molecule has 6 nitrogen and oxygen atoms in total. The number of halogens is 3. The molecular formula is C18H12Cl3N3O3S. The first-order valence-electron chi connectivity index (χ1n) is 7.79. The number of pyridine rings is 2. The molecule has 0 bridgehead atoms. The number of anilines is 1. The van der Waals surface area contributed by atoms with Gasteiger partial charge in [0.1, 0.15) is 5.69 Å². The monoisotopic (exact) mass is 455 g/mol. The average Bonchev–Trinajstić information content (AvgIpc) is 2.63. The fourth-order valence-electron chi connectivity index (χ4n) is 2.40. The maximum absolute atomic E-state index is 12.9. The minimum atomic E-state index is -4.08. The summed E-state index contributed by atoms with van der Waals surface area (Å²) in [6, 6.07) is 8.36. The molecule has 3 rings (SSSR count). The average molecular weight is 457 g/mol. The molecule has 0 fully saturated rings. The van der Waals surface area contributed by atoms with Gasteiger partial charge < -0.3 is 0 Å². The van der Waals surface area contributed by atoms with Crippen molar-refractivity contribution in [3.05, 3.63) is 80.8 Å². The van der Waals surface area contributed by atoms with Crippen LogP contribution in [0.5, 0.6) is 0 Å². The molecule has 2 aromatic heterocycles. The van der Waals surface area contributed by atoms with Gasteiger partial charge >= 0.3 is 0 Å². The highest BCUT2D eigenvalue weighted by Gasteiger charge is 2.23. The predicted octanol–water partition coefficient (Wildman–Crippen LogP) is 4.78. The van der Waals surface area contributed by atoms with Crippen LogP contribution in [0, 0.1) is 6.92 Å². The Morgan fingerprint density at radius 1 is 1.04 bits per heavy atom. The zero-order chi connectivity index (χ0) is 20.5. The molecule has 0 aliphatic carbocycles. The van der Waals surface area contributed by atoms with Gasteiger partial charge in [0.05, 0.1) is 25.7 Å². The van der Waals surface area contributed by atoms with E-state index in [1.54, 1.807) is 25.3 Å². The second-order valence-corrected chi connectivity index (χ2v) is 8.63. The van der Waals surface area contributed by atoms with Crippen LogP contribution in [-0.2, 0) is 10.0 Å².